The Morgan fingerprint density at radius 3 is 2.81 bits per heavy atom. The SMILES string of the molecule is CCS(=O)(=O)CCCNCCn1cccn1. The lowest BCUT2D eigenvalue weighted by Crippen LogP contribution is -2.23. The van der Waals surface area contributed by atoms with E-state index in [1.807, 2.05) is 16.9 Å². The average Bonchev–Trinajstić information content (AvgIpc) is 2.76. The second kappa shape index (κ2) is 6.65. The molecule has 0 amide bonds. The highest BCUT2D eigenvalue weighted by Gasteiger charge is 2.05. The monoisotopic (exact) mass is 245 g/mol. The van der Waals surface area contributed by atoms with Crippen molar-refractivity contribution in [3.63, 3.8) is 0 Å². The van der Waals surface area contributed by atoms with Gasteiger partial charge < -0.3 is 5.32 Å². The Morgan fingerprint density at radius 2 is 2.19 bits per heavy atom. The molecule has 0 saturated heterocycles. The fraction of sp³-hybridized carbons (Fsp3) is 0.700. The minimum atomic E-state index is -2.81. The van der Waals surface area contributed by atoms with Gasteiger partial charge in [-0.05, 0) is 19.0 Å². The Bertz CT molecular complexity index is 373. The summed E-state index contributed by atoms with van der Waals surface area (Å²) in [5.74, 6) is 0.512. The third kappa shape index (κ3) is 5.27. The molecule has 1 rings (SSSR count). The van der Waals surface area contributed by atoms with Crippen LogP contribution in [0.1, 0.15) is 13.3 Å². The average molecular weight is 245 g/mol. The van der Waals surface area contributed by atoms with Gasteiger partial charge in [0.2, 0.25) is 0 Å². The molecule has 0 aliphatic heterocycles. The van der Waals surface area contributed by atoms with E-state index in [2.05, 4.69) is 10.4 Å². The van der Waals surface area contributed by atoms with E-state index >= 15 is 0 Å². The zero-order valence-electron chi connectivity index (χ0n) is 9.59. The number of aromatic nitrogens is 2. The van der Waals surface area contributed by atoms with E-state index < -0.39 is 9.84 Å². The van der Waals surface area contributed by atoms with Crippen molar-refractivity contribution in [2.45, 2.75) is 19.9 Å². The van der Waals surface area contributed by atoms with Gasteiger partial charge in [0, 0.05) is 24.7 Å². The van der Waals surface area contributed by atoms with Crippen molar-refractivity contribution in [2.24, 2.45) is 0 Å². The summed E-state index contributed by atoms with van der Waals surface area (Å²) >= 11 is 0. The van der Waals surface area contributed by atoms with Crippen LogP contribution in [0, 0.1) is 0 Å². The molecule has 5 nitrogen and oxygen atoms in total. The molecule has 92 valence electrons. The summed E-state index contributed by atoms with van der Waals surface area (Å²) in [6.45, 7) is 4.04. The van der Waals surface area contributed by atoms with E-state index in [0.29, 0.717) is 6.42 Å². The highest BCUT2D eigenvalue weighted by molar-refractivity contribution is 7.91. The van der Waals surface area contributed by atoms with Gasteiger partial charge >= 0.3 is 0 Å². The van der Waals surface area contributed by atoms with Crippen LogP contribution in [0.3, 0.4) is 0 Å². The summed E-state index contributed by atoms with van der Waals surface area (Å²) in [5, 5.41) is 7.26. The van der Waals surface area contributed by atoms with Crippen LogP contribution in [0.2, 0.25) is 0 Å². The summed E-state index contributed by atoms with van der Waals surface area (Å²) < 4.78 is 24.2. The Kier molecular flexibility index (Phi) is 5.48. The molecule has 1 N–H and O–H groups in total. The van der Waals surface area contributed by atoms with Crippen molar-refractivity contribution in [3.05, 3.63) is 18.5 Å². The highest BCUT2D eigenvalue weighted by atomic mass is 32.2. The number of nitrogens with zero attached hydrogens (tertiary/aromatic N) is 2. The highest BCUT2D eigenvalue weighted by Crippen LogP contribution is 1.92. The third-order valence-electron chi connectivity index (χ3n) is 2.33. The van der Waals surface area contributed by atoms with E-state index in [1.54, 1.807) is 13.1 Å². The zero-order valence-corrected chi connectivity index (χ0v) is 10.4. The van der Waals surface area contributed by atoms with Gasteiger partial charge in [0.1, 0.15) is 9.84 Å². The minimum absolute atomic E-state index is 0.236. The Balaban J connectivity index is 2.01. The van der Waals surface area contributed by atoms with E-state index in [-0.39, 0.29) is 11.5 Å². The van der Waals surface area contributed by atoms with Crippen LogP contribution < -0.4 is 5.32 Å². The van der Waals surface area contributed by atoms with E-state index in [1.165, 1.54) is 0 Å². The molecule has 16 heavy (non-hydrogen) atoms. The van der Waals surface area contributed by atoms with Gasteiger partial charge in [-0.25, -0.2) is 8.42 Å². The summed E-state index contributed by atoms with van der Waals surface area (Å²) in [6.07, 6.45) is 4.33. The lowest BCUT2D eigenvalue weighted by Gasteiger charge is -2.05. The molecule has 0 saturated carbocycles. The normalized spacial score (nSPS) is 11.8. The zero-order chi connectivity index (χ0) is 11.9. The lowest BCUT2D eigenvalue weighted by atomic mass is 10.4. The summed E-state index contributed by atoms with van der Waals surface area (Å²) in [6, 6.07) is 1.88. The fourth-order valence-corrected chi connectivity index (χ4v) is 2.19. The van der Waals surface area contributed by atoms with Crippen molar-refractivity contribution in [1.29, 1.82) is 0 Å². The van der Waals surface area contributed by atoms with Gasteiger partial charge in [0.25, 0.3) is 0 Å². The van der Waals surface area contributed by atoms with Crippen LogP contribution in [0.15, 0.2) is 18.5 Å². The number of rotatable bonds is 8. The quantitative estimate of drug-likeness (QED) is 0.669. The Hall–Kier alpha value is -0.880. The molecule has 0 fully saturated rings. The maximum atomic E-state index is 11.2. The van der Waals surface area contributed by atoms with Crippen LogP contribution in [-0.4, -0.2) is 42.8 Å². The molecule has 0 aliphatic rings. The molecule has 1 aromatic rings. The fourth-order valence-electron chi connectivity index (χ4n) is 1.31. The lowest BCUT2D eigenvalue weighted by molar-refractivity contribution is 0.550. The van der Waals surface area contributed by atoms with Crippen LogP contribution in [0.4, 0.5) is 0 Å². The first-order chi connectivity index (χ1) is 7.64. The van der Waals surface area contributed by atoms with Gasteiger partial charge in [-0.1, -0.05) is 6.92 Å². The van der Waals surface area contributed by atoms with Crippen molar-refractivity contribution < 1.29 is 8.42 Å². The van der Waals surface area contributed by atoms with E-state index in [0.717, 1.165) is 19.6 Å². The summed E-state index contributed by atoms with van der Waals surface area (Å²) in [4.78, 5) is 0. The van der Waals surface area contributed by atoms with Crippen molar-refractivity contribution in [3.8, 4) is 0 Å². The second-order valence-electron chi connectivity index (χ2n) is 3.61. The molecule has 1 heterocycles. The maximum absolute atomic E-state index is 11.2. The van der Waals surface area contributed by atoms with Crippen LogP contribution in [0.25, 0.3) is 0 Å². The van der Waals surface area contributed by atoms with Crippen molar-refractivity contribution in [2.75, 3.05) is 24.6 Å². The molecule has 0 radical (unpaired) electrons. The molecule has 0 aliphatic carbocycles. The van der Waals surface area contributed by atoms with Gasteiger partial charge in [-0.2, -0.15) is 5.10 Å². The largest absolute Gasteiger partial charge is 0.315 e. The standard InChI is InChI=1S/C10H19N3O2S/c1-2-16(14,15)10-4-5-11-7-9-13-8-3-6-12-13/h3,6,8,11H,2,4-5,7,9-10H2,1H3. The van der Waals surface area contributed by atoms with Gasteiger partial charge in [0.15, 0.2) is 0 Å². The first-order valence-corrected chi connectivity index (χ1v) is 7.35. The van der Waals surface area contributed by atoms with Gasteiger partial charge in [-0.3, -0.25) is 4.68 Å². The van der Waals surface area contributed by atoms with Crippen LogP contribution in [-0.2, 0) is 16.4 Å². The van der Waals surface area contributed by atoms with Gasteiger partial charge in [0.05, 0.1) is 12.3 Å². The third-order valence-corrected chi connectivity index (χ3v) is 4.12. The summed E-state index contributed by atoms with van der Waals surface area (Å²) in [7, 11) is -2.81. The molecule has 0 unspecified atom stereocenters. The van der Waals surface area contributed by atoms with Gasteiger partial charge in [-0.15, -0.1) is 0 Å². The van der Waals surface area contributed by atoms with Crippen LogP contribution in [0.5, 0.6) is 0 Å². The molecule has 0 bridgehead atoms. The topological polar surface area (TPSA) is 64.0 Å². The van der Waals surface area contributed by atoms with E-state index in [9.17, 15) is 8.42 Å². The number of hydrogen-bond donors (Lipinski definition) is 1. The molecule has 0 spiro atoms. The van der Waals surface area contributed by atoms with Crippen LogP contribution >= 0.6 is 0 Å². The van der Waals surface area contributed by atoms with Crippen molar-refractivity contribution >= 4 is 9.84 Å². The first-order valence-electron chi connectivity index (χ1n) is 5.52. The Morgan fingerprint density at radius 1 is 1.38 bits per heavy atom. The first kappa shape index (κ1) is 13.2. The molecule has 0 atom stereocenters. The smallest absolute Gasteiger partial charge is 0.150 e. The summed E-state index contributed by atoms with van der Waals surface area (Å²) in [5.41, 5.74) is 0. The van der Waals surface area contributed by atoms with Crippen molar-refractivity contribution in [1.82, 2.24) is 15.1 Å². The molecular weight excluding hydrogens is 226 g/mol. The predicted molar refractivity (Wildman–Crippen MR) is 64.0 cm³/mol. The minimum Gasteiger partial charge on any atom is -0.315 e. The molecule has 1 aromatic heterocycles. The number of hydrogen-bond acceptors (Lipinski definition) is 4. The second-order valence-corrected chi connectivity index (χ2v) is 6.08. The van der Waals surface area contributed by atoms with E-state index in [4.69, 9.17) is 0 Å². The maximum Gasteiger partial charge on any atom is 0.150 e. The number of sulfone groups is 1. The molecule has 6 heteroatoms. The Labute approximate surface area is 96.8 Å². The number of nitrogens with one attached hydrogen (secondary N) is 1. The predicted octanol–water partition coefficient (Wildman–Crippen LogP) is 0.298. The molecular formula is C10H19N3O2S. The molecule has 0 aromatic carbocycles.